The SMILES string of the molecule is COc1ccc(S(=O)(=O)Nc2ccc(S(=O)(=O)Nc3cc(C)ccc3C)cc2)cc1OC. The van der Waals surface area contributed by atoms with Crippen molar-refractivity contribution in [2.75, 3.05) is 23.7 Å². The second-order valence-electron chi connectivity index (χ2n) is 7.07. The number of nitrogens with one attached hydrogen (secondary N) is 2. The van der Waals surface area contributed by atoms with Crippen LogP contribution in [0.1, 0.15) is 11.1 Å². The van der Waals surface area contributed by atoms with E-state index in [4.69, 9.17) is 9.47 Å². The number of anilines is 2. The molecule has 10 heteroatoms. The first-order valence-electron chi connectivity index (χ1n) is 9.51. The summed E-state index contributed by atoms with van der Waals surface area (Å²) >= 11 is 0. The monoisotopic (exact) mass is 476 g/mol. The molecule has 0 aliphatic rings. The zero-order valence-corrected chi connectivity index (χ0v) is 19.7. The number of hydrogen-bond acceptors (Lipinski definition) is 6. The molecule has 0 fully saturated rings. The summed E-state index contributed by atoms with van der Waals surface area (Å²) in [7, 11) is -4.91. The fraction of sp³-hybridized carbons (Fsp3) is 0.182. The number of hydrogen-bond donors (Lipinski definition) is 2. The van der Waals surface area contributed by atoms with E-state index in [0.717, 1.165) is 11.1 Å². The van der Waals surface area contributed by atoms with Gasteiger partial charge < -0.3 is 9.47 Å². The summed E-state index contributed by atoms with van der Waals surface area (Å²) in [5.74, 6) is 0.673. The number of aryl methyl sites for hydroxylation is 2. The Balaban J connectivity index is 1.81. The van der Waals surface area contributed by atoms with E-state index >= 15 is 0 Å². The molecule has 0 saturated carbocycles. The molecule has 2 N–H and O–H groups in total. The Bertz CT molecular complexity index is 1340. The highest BCUT2D eigenvalue weighted by Gasteiger charge is 2.19. The van der Waals surface area contributed by atoms with Crippen LogP contribution in [0.3, 0.4) is 0 Å². The molecular formula is C22H24N2O6S2. The van der Waals surface area contributed by atoms with Gasteiger partial charge in [0.15, 0.2) is 11.5 Å². The molecular weight excluding hydrogens is 452 g/mol. The van der Waals surface area contributed by atoms with Gasteiger partial charge in [0.1, 0.15) is 0 Å². The van der Waals surface area contributed by atoms with Crippen LogP contribution in [0.15, 0.2) is 70.5 Å². The average Bonchev–Trinajstić information content (AvgIpc) is 2.75. The first-order chi connectivity index (χ1) is 15.1. The first-order valence-corrected chi connectivity index (χ1v) is 12.5. The third-order valence-electron chi connectivity index (χ3n) is 4.72. The van der Waals surface area contributed by atoms with Gasteiger partial charge in [-0.25, -0.2) is 16.8 Å². The number of methoxy groups -OCH3 is 2. The summed E-state index contributed by atoms with van der Waals surface area (Å²) in [5.41, 5.74) is 2.42. The molecule has 0 radical (unpaired) electrons. The van der Waals surface area contributed by atoms with Crippen molar-refractivity contribution in [1.29, 1.82) is 0 Å². The van der Waals surface area contributed by atoms with E-state index < -0.39 is 20.0 Å². The quantitative estimate of drug-likeness (QED) is 0.510. The van der Waals surface area contributed by atoms with Crippen LogP contribution < -0.4 is 18.9 Å². The maximum absolute atomic E-state index is 12.7. The van der Waals surface area contributed by atoms with Crippen molar-refractivity contribution in [2.24, 2.45) is 0 Å². The van der Waals surface area contributed by atoms with Gasteiger partial charge in [-0.2, -0.15) is 0 Å². The highest BCUT2D eigenvalue weighted by Crippen LogP contribution is 2.30. The Morgan fingerprint density at radius 3 is 1.88 bits per heavy atom. The van der Waals surface area contributed by atoms with Crippen LogP contribution in [0.5, 0.6) is 11.5 Å². The van der Waals surface area contributed by atoms with Crippen molar-refractivity contribution in [1.82, 2.24) is 0 Å². The zero-order chi connectivity index (χ0) is 23.5. The molecule has 8 nitrogen and oxygen atoms in total. The van der Waals surface area contributed by atoms with Gasteiger partial charge in [0.2, 0.25) is 0 Å². The average molecular weight is 477 g/mol. The highest BCUT2D eigenvalue weighted by molar-refractivity contribution is 7.93. The maximum Gasteiger partial charge on any atom is 0.262 e. The normalized spacial score (nSPS) is 11.6. The lowest BCUT2D eigenvalue weighted by Gasteiger charge is -2.13. The molecule has 0 heterocycles. The summed E-state index contributed by atoms with van der Waals surface area (Å²) in [4.78, 5) is -0.0177. The van der Waals surface area contributed by atoms with E-state index in [1.807, 2.05) is 26.0 Å². The molecule has 3 rings (SSSR count). The van der Waals surface area contributed by atoms with Crippen molar-refractivity contribution in [3.05, 3.63) is 71.8 Å². The molecule has 0 amide bonds. The van der Waals surface area contributed by atoms with Crippen molar-refractivity contribution in [3.63, 3.8) is 0 Å². The molecule has 32 heavy (non-hydrogen) atoms. The minimum atomic E-state index is -3.93. The smallest absolute Gasteiger partial charge is 0.262 e. The van der Waals surface area contributed by atoms with Crippen LogP contribution in [0.25, 0.3) is 0 Å². The van der Waals surface area contributed by atoms with Gasteiger partial charge in [-0.1, -0.05) is 12.1 Å². The largest absolute Gasteiger partial charge is 0.493 e. The van der Waals surface area contributed by atoms with Crippen LogP contribution in [-0.4, -0.2) is 31.1 Å². The minimum Gasteiger partial charge on any atom is -0.493 e. The molecule has 0 aliphatic heterocycles. The zero-order valence-electron chi connectivity index (χ0n) is 18.0. The standard InChI is InChI=1S/C22H24N2O6S2/c1-15-5-6-16(2)20(13-15)24-31(25,26)18-9-7-17(8-10-18)23-32(27,28)19-11-12-21(29-3)22(14-19)30-4/h5-14,23-24H,1-4H3. The van der Waals surface area contributed by atoms with E-state index in [2.05, 4.69) is 9.44 Å². The van der Waals surface area contributed by atoms with E-state index in [0.29, 0.717) is 11.4 Å². The van der Waals surface area contributed by atoms with Gasteiger partial charge in [-0.05, 0) is 67.4 Å². The van der Waals surface area contributed by atoms with Gasteiger partial charge in [0.25, 0.3) is 20.0 Å². The van der Waals surface area contributed by atoms with Crippen molar-refractivity contribution in [2.45, 2.75) is 23.6 Å². The molecule has 0 spiro atoms. The Kier molecular flexibility index (Phi) is 6.65. The van der Waals surface area contributed by atoms with Crippen LogP contribution in [0, 0.1) is 13.8 Å². The molecule has 170 valence electrons. The fourth-order valence-electron chi connectivity index (χ4n) is 2.95. The summed E-state index contributed by atoms with van der Waals surface area (Å²) in [6.07, 6.45) is 0. The predicted molar refractivity (Wildman–Crippen MR) is 124 cm³/mol. The molecule has 3 aromatic rings. The fourth-order valence-corrected chi connectivity index (χ4v) is 5.14. The molecule has 0 unspecified atom stereocenters. The molecule has 0 saturated heterocycles. The number of sulfonamides is 2. The number of ether oxygens (including phenoxy) is 2. The topological polar surface area (TPSA) is 111 Å². The van der Waals surface area contributed by atoms with Gasteiger partial charge in [0.05, 0.1) is 29.7 Å². The molecule has 0 bridgehead atoms. The van der Waals surface area contributed by atoms with Crippen molar-refractivity contribution < 1.29 is 26.3 Å². The third kappa shape index (κ3) is 5.14. The summed E-state index contributed by atoms with van der Waals surface area (Å²) in [6.45, 7) is 3.68. The highest BCUT2D eigenvalue weighted by atomic mass is 32.2. The van der Waals surface area contributed by atoms with Gasteiger partial charge in [-0.15, -0.1) is 0 Å². The Morgan fingerprint density at radius 2 is 1.25 bits per heavy atom. The Hall–Kier alpha value is -3.24. The molecule has 0 aliphatic carbocycles. The van der Waals surface area contributed by atoms with E-state index in [1.165, 1.54) is 56.7 Å². The van der Waals surface area contributed by atoms with Gasteiger partial charge >= 0.3 is 0 Å². The summed E-state index contributed by atoms with van der Waals surface area (Å²) in [6, 6.07) is 15.1. The maximum atomic E-state index is 12.7. The Labute approximate surface area is 188 Å². The lowest BCUT2D eigenvalue weighted by molar-refractivity contribution is 0.354. The number of rotatable bonds is 8. The van der Waals surface area contributed by atoms with Crippen molar-refractivity contribution in [3.8, 4) is 11.5 Å². The van der Waals surface area contributed by atoms with Crippen LogP contribution >= 0.6 is 0 Å². The molecule has 3 aromatic carbocycles. The predicted octanol–water partition coefficient (Wildman–Crippen LogP) is 3.92. The van der Waals surface area contributed by atoms with Crippen LogP contribution in [-0.2, 0) is 20.0 Å². The minimum absolute atomic E-state index is 0.00692. The lowest BCUT2D eigenvalue weighted by Crippen LogP contribution is -2.15. The van der Waals surface area contributed by atoms with Gasteiger partial charge in [-0.3, -0.25) is 9.44 Å². The second-order valence-corrected chi connectivity index (χ2v) is 10.4. The summed E-state index contributed by atoms with van der Waals surface area (Å²) in [5, 5.41) is 0. The van der Waals surface area contributed by atoms with E-state index in [-0.39, 0.29) is 21.2 Å². The number of benzene rings is 3. The van der Waals surface area contributed by atoms with E-state index in [1.54, 1.807) is 6.07 Å². The van der Waals surface area contributed by atoms with E-state index in [9.17, 15) is 16.8 Å². The Morgan fingerprint density at radius 1 is 0.656 bits per heavy atom. The second kappa shape index (κ2) is 9.09. The first kappa shape index (κ1) is 23.4. The lowest BCUT2D eigenvalue weighted by atomic mass is 10.1. The van der Waals surface area contributed by atoms with Crippen LogP contribution in [0.4, 0.5) is 11.4 Å². The molecule has 0 aromatic heterocycles. The third-order valence-corrected chi connectivity index (χ3v) is 7.48. The summed E-state index contributed by atoms with van der Waals surface area (Å²) < 4.78 is 66.2. The van der Waals surface area contributed by atoms with Gasteiger partial charge in [0, 0.05) is 11.8 Å². The molecule has 0 atom stereocenters. The van der Waals surface area contributed by atoms with Crippen LogP contribution in [0.2, 0.25) is 0 Å². The van der Waals surface area contributed by atoms with Crippen molar-refractivity contribution >= 4 is 31.4 Å².